The van der Waals surface area contributed by atoms with E-state index >= 15 is 0 Å². The summed E-state index contributed by atoms with van der Waals surface area (Å²) in [5, 5.41) is 13.1. The van der Waals surface area contributed by atoms with Crippen molar-refractivity contribution in [1.82, 2.24) is 20.8 Å². The van der Waals surface area contributed by atoms with Gasteiger partial charge in [0.25, 0.3) is 0 Å². The Hall–Kier alpha value is -1.36. The number of hydrogen-bond acceptors (Lipinski definition) is 3. The highest BCUT2D eigenvalue weighted by molar-refractivity contribution is 5.82. The van der Waals surface area contributed by atoms with Crippen LogP contribution in [0.25, 0.3) is 0 Å². The summed E-state index contributed by atoms with van der Waals surface area (Å²) in [6.07, 6.45) is 1.72. The van der Waals surface area contributed by atoms with E-state index in [-0.39, 0.29) is 23.9 Å². The maximum absolute atomic E-state index is 11.6. The minimum atomic E-state index is -0.118. The van der Waals surface area contributed by atoms with Gasteiger partial charge in [-0.05, 0) is 12.0 Å². The van der Waals surface area contributed by atoms with Gasteiger partial charge in [-0.15, -0.1) is 0 Å². The summed E-state index contributed by atoms with van der Waals surface area (Å²) in [6.45, 7) is 4.68. The number of nitrogens with one attached hydrogen (secondary N) is 3. The van der Waals surface area contributed by atoms with Crippen LogP contribution in [0.2, 0.25) is 0 Å². The van der Waals surface area contributed by atoms with Gasteiger partial charge in [-0.1, -0.05) is 13.8 Å². The van der Waals surface area contributed by atoms with Gasteiger partial charge in [-0.2, -0.15) is 5.10 Å². The smallest absolute Gasteiger partial charge is 0.237 e. The number of nitrogens with zero attached hydrogens (tertiary/aromatic N) is 1. The number of H-pyrrole nitrogens is 1. The lowest BCUT2D eigenvalue weighted by molar-refractivity contribution is -0.126. The predicted octanol–water partition coefficient (Wildman–Crippen LogP) is 0.195. The van der Waals surface area contributed by atoms with Gasteiger partial charge in [0.1, 0.15) is 0 Å². The zero-order valence-corrected chi connectivity index (χ0v) is 8.95. The largest absolute Gasteiger partial charge is 0.353 e. The number of aromatic nitrogens is 2. The summed E-state index contributed by atoms with van der Waals surface area (Å²) in [5.74, 6) is 0.372. The van der Waals surface area contributed by atoms with Gasteiger partial charge in [0.05, 0.1) is 17.8 Å². The molecule has 2 unspecified atom stereocenters. The average molecular weight is 208 g/mol. The van der Waals surface area contributed by atoms with Gasteiger partial charge in [-0.25, -0.2) is 0 Å². The monoisotopic (exact) mass is 208 g/mol. The molecule has 2 rings (SSSR count). The van der Waals surface area contributed by atoms with Crippen LogP contribution in [-0.4, -0.2) is 28.7 Å². The molecule has 0 bridgehead atoms. The van der Waals surface area contributed by atoms with Crippen molar-refractivity contribution in [2.24, 2.45) is 5.92 Å². The Labute approximate surface area is 88.6 Å². The van der Waals surface area contributed by atoms with Crippen LogP contribution in [0.1, 0.15) is 25.6 Å². The van der Waals surface area contributed by atoms with E-state index in [4.69, 9.17) is 0 Å². The standard InChI is InChI=1S/C10H16N4O/c1-6(2)9-10(15)11-5-8(13-9)7-3-4-12-14-7/h3-4,6,8-9,13H,5H2,1-2H3,(H,11,15)(H,12,14). The summed E-state index contributed by atoms with van der Waals surface area (Å²) in [5.41, 5.74) is 1.01. The average Bonchev–Trinajstić information content (AvgIpc) is 2.71. The molecular weight excluding hydrogens is 192 g/mol. The molecule has 1 saturated heterocycles. The molecule has 0 spiro atoms. The van der Waals surface area contributed by atoms with Crippen molar-refractivity contribution in [2.75, 3.05) is 6.54 Å². The number of carbonyl (C=O) groups is 1. The van der Waals surface area contributed by atoms with Gasteiger partial charge in [0, 0.05) is 12.7 Å². The van der Waals surface area contributed by atoms with Crippen molar-refractivity contribution >= 4 is 5.91 Å². The molecule has 0 saturated carbocycles. The number of rotatable bonds is 2. The molecule has 82 valence electrons. The Kier molecular flexibility index (Phi) is 2.73. The van der Waals surface area contributed by atoms with E-state index < -0.39 is 0 Å². The second kappa shape index (κ2) is 4.02. The molecule has 1 amide bonds. The van der Waals surface area contributed by atoms with Crippen molar-refractivity contribution in [2.45, 2.75) is 25.9 Å². The van der Waals surface area contributed by atoms with Crippen LogP contribution in [0.4, 0.5) is 0 Å². The molecule has 1 aromatic rings. The van der Waals surface area contributed by atoms with Gasteiger partial charge in [0.2, 0.25) is 5.91 Å². The van der Waals surface area contributed by atoms with Crippen molar-refractivity contribution in [1.29, 1.82) is 0 Å². The Bertz CT molecular complexity index is 333. The van der Waals surface area contributed by atoms with Crippen LogP contribution >= 0.6 is 0 Å². The lowest BCUT2D eigenvalue weighted by Crippen LogP contribution is -2.56. The number of hydrogen-bond donors (Lipinski definition) is 3. The fourth-order valence-electron chi connectivity index (χ4n) is 1.82. The number of amides is 1. The molecule has 1 aromatic heterocycles. The molecule has 5 nitrogen and oxygen atoms in total. The second-order valence-corrected chi connectivity index (χ2v) is 4.20. The van der Waals surface area contributed by atoms with Gasteiger partial charge in [0.15, 0.2) is 0 Å². The first kappa shape index (κ1) is 10.2. The first-order valence-corrected chi connectivity index (χ1v) is 5.21. The molecular formula is C10H16N4O. The minimum Gasteiger partial charge on any atom is -0.353 e. The molecule has 2 heterocycles. The quantitative estimate of drug-likeness (QED) is 0.650. The summed E-state index contributed by atoms with van der Waals surface area (Å²) in [7, 11) is 0. The highest BCUT2D eigenvalue weighted by Crippen LogP contribution is 2.16. The molecule has 5 heteroatoms. The first-order valence-electron chi connectivity index (χ1n) is 5.21. The van der Waals surface area contributed by atoms with Crippen molar-refractivity contribution in [3.05, 3.63) is 18.0 Å². The van der Waals surface area contributed by atoms with Gasteiger partial charge in [-0.3, -0.25) is 15.2 Å². The van der Waals surface area contributed by atoms with Crippen LogP contribution in [0, 0.1) is 5.92 Å². The maximum Gasteiger partial charge on any atom is 0.237 e. The third-order valence-electron chi connectivity index (χ3n) is 2.71. The highest BCUT2D eigenvalue weighted by atomic mass is 16.2. The molecule has 1 aliphatic heterocycles. The molecule has 15 heavy (non-hydrogen) atoms. The van der Waals surface area contributed by atoms with E-state index in [2.05, 4.69) is 20.8 Å². The maximum atomic E-state index is 11.6. The van der Waals surface area contributed by atoms with Crippen LogP contribution in [0.15, 0.2) is 12.3 Å². The lowest BCUT2D eigenvalue weighted by atomic mass is 9.99. The predicted molar refractivity (Wildman–Crippen MR) is 56.1 cm³/mol. The van der Waals surface area contributed by atoms with Crippen molar-refractivity contribution in [3.63, 3.8) is 0 Å². The first-order chi connectivity index (χ1) is 7.18. The van der Waals surface area contributed by atoms with E-state index in [9.17, 15) is 4.79 Å². The Morgan fingerprint density at radius 3 is 2.93 bits per heavy atom. The zero-order chi connectivity index (χ0) is 10.8. The minimum absolute atomic E-state index is 0.0840. The van der Waals surface area contributed by atoms with Gasteiger partial charge < -0.3 is 5.32 Å². The van der Waals surface area contributed by atoms with Crippen LogP contribution in [0.5, 0.6) is 0 Å². The van der Waals surface area contributed by atoms with E-state index in [0.29, 0.717) is 6.54 Å². The topological polar surface area (TPSA) is 69.8 Å². The molecule has 3 N–H and O–H groups in total. The summed E-state index contributed by atoms with van der Waals surface area (Å²) >= 11 is 0. The Morgan fingerprint density at radius 2 is 2.33 bits per heavy atom. The third-order valence-corrected chi connectivity index (χ3v) is 2.71. The summed E-state index contributed by atoms with van der Waals surface area (Å²) in [6, 6.07) is 1.94. The fraction of sp³-hybridized carbons (Fsp3) is 0.600. The summed E-state index contributed by atoms with van der Waals surface area (Å²) in [4.78, 5) is 11.6. The van der Waals surface area contributed by atoms with Gasteiger partial charge >= 0.3 is 0 Å². The normalized spacial score (nSPS) is 26.7. The van der Waals surface area contributed by atoms with Crippen molar-refractivity contribution in [3.8, 4) is 0 Å². The lowest BCUT2D eigenvalue weighted by Gasteiger charge is -2.32. The SMILES string of the molecule is CC(C)C1NC(c2ccn[nH]2)CNC1=O. The van der Waals surface area contributed by atoms with Crippen LogP contribution < -0.4 is 10.6 Å². The highest BCUT2D eigenvalue weighted by Gasteiger charge is 2.30. The molecule has 0 aromatic carbocycles. The molecule has 0 aliphatic carbocycles. The van der Waals surface area contributed by atoms with Crippen LogP contribution in [0.3, 0.4) is 0 Å². The van der Waals surface area contributed by atoms with E-state index in [1.54, 1.807) is 6.20 Å². The number of aromatic amines is 1. The van der Waals surface area contributed by atoms with E-state index in [0.717, 1.165) is 5.69 Å². The Balaban J connectivity index is 2.09. The zero-order valence-electron chi connectivity index (χ0n) is 8.95. The number of carbonyl (C=O) groups excluding carboxylic acids is 1. The molecule has 1 aliphatic rings. The van der Waals surface area contributed by atoms with Crippen LogP contribution in [-0.2, 0) is 4.79 Å². The molecule has 2 atom stereocenters. The summed E-state index contributed by atoms with van der Waals surface area (Å²) < 4.78 is 0. The molecule has 1 fully saturated rings. The van der Waals surface area contributed by atoms with E-state index in [1.807, 2.05) is 19.9 Å². The number of piperazine rings is 1. The van der Waals surface area contributed by atoms with Crippen molar-refractivity contribution < 1.29 is 4.79 Å². The second-order valence-electron chi connectivity index (χ2n) is 4.20. The Morgan fingerprint density at radius 1 is 1.53 bits per heavy atom. The van der Waals surface area contributed by atoms with E-state index in [1.165, 1.54) is 0 Å². The molecule has 0 radical (unpaired) electrons. The fourth-order valence-corrected chi connectivity index (χ4v) is 1.82. The third kappa shape index (κ3) is 2.02.